The molecule has 5 aromatic carbocycles. The van der Waals surface area contributed by atoms with Crippen LogP contribution in [0.5, 0.6) is 0 Å². The van der Waals surface area contributed by atoms with Crippen molar-refractivity contribution in [2.75, 3.05) is 9.80 Å². The zero-order chi connectivity index (χ0) is 33.0. The average Bonchev–Trinajstić information content (AvgIpc) is 3.71. The normalized spacial score (nSPS) is 20.8. The van der Waals surface area contributed by atoms with E-state index in [0.29, 0.717) is 23.4 Å². The van der Waals surface area contributed by atoms with E-state index in [1.165, 1.54) is 28.2 Å². The standard InChI is InChI=1S/C45H33N5/c1-3-13-30(14-4-1)43-46-44(31-15-5-2-6-16-31)48-45(47-43)32-23-25-33(26-24-32)49-41-22-12-9-19-37(41)38-29-34(27-28-42(38)49)50-39-20-10-7-17-35(39)36-18-8-11-21-40(36)50/h1-29,35,37,39,41H. The van der Waals surface area contributed by atoms with Gasteiger partial charge < -0.3 is 9.80 Å². The van der Waals surface area contributed by atoms with Crippen molar-refractivity contribution in [2.45, 2.75) is 23.9 Å². The molecule has 50 heavy (non-hydrogen) atoms. The first-order valence-electron chi connectivity index (χ1n) is 17.3. The molecule has 1 aromatic heterocycles. The minimum absolute atomic E-state index is 0.193. The molecular formula is C45H33N5. The molecule has 2 aliphatic carbocycles. The molecule has 0 N–H and O–H groups in total. The summed E-state index contributed by atoms with van der Waals surface area (Å²) in [5.74, 6) is 2.61. The predicted molar refractivity (Wildman–Crippen MR) is 203 cm³/mol. The maximum Gasteiger partial charge on any atom is 0.164 e. The lowest BCUT2D eigenvalue weighted by Crippen LogP contribution is -2.28. The highest BCUT2D eigenvalue weighted by Gasteiger charge is 2.40. The molecule has 0 saturated carbocycles. The fourth-order valence-electron chi connectivity index (χ4n) is 8.08. The van der Waals surface area contributed by atoms with E-state index in [2.05, 4.69) is 125 Å². The highest BCUT2D eigenvalue weighted by molar-refractivity contribution is 5.82. The van der Waals surface area contributed by atoms with Gasteiger partial charge in [-0.1, -0.05) is 127 Å². The number of rotatable bonds is 5. The third-order valence-electron chi connectivity index (χ3n) is 10.4. The van der Waals surface area contributed by atoms with Crippen molar-refractivity contribution in [2.24, 2.45) is 0 Å². The van der Waals surface area contributed by atoms with E-state index >= 15 is 0 Å². The maximum atomic E-state index is 4.95. The molecule has 0 bridgehead atoms. The van der Waals surface area contributed by atoms with Crippen LogP contribution in [-0.4, -0.2) is 27.0 Å². The average molecular weight is 644 g/mol. The number of aromatic nitrogens is 3. The predicted octanol–water partition coefficient (Wildman–Crippen LogP) is 10.3. The first-order valence-corrected chi connectivity index (χ1v) is 17.3. The van der Waals surface area contributed by atoms with Crippen LogP contribution in [0.1, 0.15) is 23.0 Å². The lowest BCUT2D eigenvalue weighted by Gasteiger charge is -2.29. The van der Waals surface area contributed by atoms with Gasteiger partial charge in [0.05, 0.1) is 12.1 Å². The molecule has 5 nitrogen and oxygen atoms in total. The van der Waals surface area contributed by atoms with Gasteiger partial charge in [0.2, 0.25) is 0 Å². The van der Waals surface area contributed by atoms with Crippen molar-refractivity contribution >= 4 is 22.7 Å². The van der Waals surface area contributed by atoms with Crippen molar-refractivity contribution in [1.29, 1.82) is 0 Å². The quantitative estimate of drug-likeness (QED) is 0.187. The summed E-state index contributed by atoms with van der Waals surface area (Å²) in [6.45, 7) is 0. The van der Waals surface area contributed by atoms with E-state index in [9.17, 15) is 0 Å². The molecular weight excluding hydrogens is 611 g/mol. The van der Waals surface area contributed by atoms with Crippen molar-refractivity contribution in [3.05, 3.63) is 187 Å². The van der Waals surface area contributed by atoms with Crippen LogP contribution >= 0.6 is 0 Å². The molecule has 4 atom stereocenters. The van der Waals surface area contributed by atoms with E-state index in [4.69, 9.17) is 15.0 Å². The number of benzene rings is 5. The fourth-order valence-corrected chi connectivity index (χ4v) is 8.08. The van der Waals surface area contributed by atoms with Crippen LogP contribution in [0.15, 0.2) is 176 Å². The zero-order valence-electron chi connectivity index (χ0n) is 27.3. The lowest BCUT2D eigenvalue weighted by molar-refractivity contribution is 0.739. The molecule has 4 aliphatic rings. The summed E-state index contributed by atoms with van der Waals surface area (Å²) in [6.07, 6.45) is 18.1. The SMILES string of the molecule is C1=CC2c3ccccc3N(c3ccc4c(c3)C3C=CC=CC3N4c3ccc(-c4nc(-c5ccccc5)nc(-c5ccccc5)n4)cc3)C2C=C1. The van der Waals surface area contributed by atoms with E-state index in [0.717, 1.165) is 22.4 Å². The second kappa shape index (κ2) is 11.7. The van der Waals surface area contributed by atoms with Gasteiger partial charge in [0.25, 0.3) is 0 Å². The Morgan fingerprint density at radius 1 is 0.380 bits per heavy atom. The van der Waals surface area contributed by atoms with Crippen molar-refractivity contribution in [3.63, 3.8) is 0 Å². The minimum Gasteiger partial charge on any atom is -0.333 e. The number of hydrogen-bond acceptors (Lipinski definition) is 5. The number of hydrogen-bond donors (Lipinski definition) is 0. The summed E-state index contributed by atoms with van der Waals surface area (Å²) in [6, 6.07) is 45.3. The molecule has 10 rings (SSSR count). The number of nitrogens with zero attached hydrogens (tertiary/aromatic N) is 5. The third-order valence-corrected chi connectivity index (χ3v) is 10.4. The van der Waals surface area contributed by atoms with Crippen LogP contribution in [0, 0.1) is 0 Å². The largest absolute Gasteiger partial charge is 0.333 e. The van der Waals surface area contributed by atoms with Crippen molar-refractivity contribution in [1.82, 2.24) is 15.0 Å². The number of para-hydroxylation sites is 1. The van der Waals surface area contributed by atoms with Gasteiger partial charge in [0, 0.05) is 51.3 Å². The van der Waals surface area contributed by atoms with Gasteiger partial charge in [-0.2, -0.15) is 0 Å². The second-order valence-electron chi connectivity index (χ2n) is 13.2. The van der Waals surface area contributed by atoms with Gasteiger partial charge in [-0.15, -0.1) is 0 Å². The smallest absolute Gasteiger partial charge is 0.164 e. The Hall–Kier alpha value is -6.33. The zero-order valence-corrected chi connectivity index (χ0v) is 27.3. The van der Waals surface area contributed by atoms with E-state index < -0.39 is 0 Å². The summed E-state index contributed by atoms with van der Waals surface area (Å²) >= 11 is 0. The summed E-state index contributed by atoms with van der Waals surface area (Å²) in [4.78, 5) is 19.8. The lowest BCUT2D eigenvalue weighted by atomic mass is 9.90. The third kappa shape index (κ3) is 4.66. The van der Waals surface area contributed by atoms with E-state index in [1.54, 1.807) is 0 Å². The van der Waals surface area contributed by atoms with Crippen molar-refractivity contribution < 1.29 is 0 Å². The van der Waals surface area contributed by atoms with Crippen LogP contribution in [0.2, 0.25) is 0 Å². The molecule has 3 heterocycles. The summed E-state index contributed by atoms with van der Waals surface area (Å²) in [5, 5.41) is 0. The van der Waals surface area contributed by atoms with Crippen LogP contribution < -0.4 is 9.80 Å². The van der Waals surface area contributed by atoms with Crippen molar-refractivity contribution in [3.8, 4) is 34.2 Å². The highest BCUT2D eigenvalue weighted by Crippen LogP contribution is 2.52. The molecule has 6 aromatic rings. The van der Waals surface area contributed by atoms with E-state index in [1.807, 2.05) is 60.7 Å². The van der Waals surface area contributed by atoms with Gasteiger partial charge in [0.15, 0.2) is 17.5 Å². The molecule has 0 spiro atoms. The Morgan fingerprint density at radius 3 is 1.46 bits per heavy atom. The minimum atomic E-state index is 0.193. The van der Waals surface area contributed by atoms with Crippen LogP contribution in [0.4, 0.5) is 22.7 Å². The number of fused-ring (bicyclic) bond motifs is 6. The summed E-state index contributed by atoms with van der Waals surface area (Å²) in [7, 11) is 0. The molecule has 2 aliphatic heterocycles. The van der Waals surface area contributed by atoms with Crippen LogP contribution in [0.25, 0.3) is 34.2 Å². The van der Waals surface area contributed by atoms with Gasteiger partial charge >= 0.3 is 0 Å². The first-order chi connectivity index (χ1) is 24.8. The maximum absolute atomic E-state index is 4.95. The van der Waals surface area contributed by atoms with Gasteiger partial charge in [-0.05, 0) is 59.7 Å². The Labute approximate surface area is 291 Å². The highest BCUT2D eigenvalue weighted by atomic mass is 15.2. The molecule has 4 unspecified atom stereocenters. The van der Waals surface area contributed by atoms with Crippen LogP contribution in [0.3, 0.4) is 0 Å². The Bertz CT molecular complexity index is 2300. The molecule has 0 fully saturated rings. The number of allylic oxidation sites excluding steroid dienone is 4. The molecule has 238 valence electrons. The fraction of sp³-hybridized carbons (Fsp3) is 0.0889. The Morgan fingerprint density at radius 2 is 0.840 bits per heavy atom. The summed E-state index contributed by atoms with van der Waals surface area (Å²) < 4.78 is 0. The first kappa shape index (κ1) is 28.7. The molecule has 0 saturated heterocycles. The molecule has 0 radical (unpaired) electrons. The van der Waals surface area contributed by atoms with Gasteiger partial charge in [-0.3, -0.25) is 0 Å². The second-order valence-corrected chi connectivity index (χ2v) is 13.2. The van der Waals surface area contributed by atoms with E-state index in [-0.39, 0.29) is 18.0 Å². The molecule has 0 amide bonds. The Balaban J connectivity index is 1.03. The number of anilines is 4. The van der Waals surface area contributed by atoms with Gasteiger partial charge in [-0.25, -0.2) is 15.0 Å². The van der Waals surface area contributed by atoms with Gasteiger partial charge in [0.1, 0.15) is 0 Å². The molecule has 5 heteroatoms. The monoisotopic (exact) mass is 643 g/mol. The topological polar surface area (TPSA) is 45.2 Å². The summed E-state index contributed by atoms with van der Waals surface area (Å²) in [5.41, 5.74) is 10.5. The Kier molecular flexibility index (Phi) is 6.69. The van der Waals surface area contributed by atoms with Crippen LogP contribution in [-0.2, 0) is 0 Å².